The molecule has 1 unspecified atom stereocenters. The Morgan fingerprint density at radius 2 is 2.05 bits per heavy atom. The van der Waals surface area contributed by atoms with Crippen LogP contribution in [0.15, 0.2) is 41.3 Å². The van der Waals surface area contributed by atoms with Gasteiger partial charge in [0, 0.05) is 12.8 Å². The Hall–Kier alpha value is -1.62. The number of carbonyl (C=O) groups excluding carboxylic acids is 1. The summed E-state index contributed by atoms with van der Waals surface area (Å²) < 4.78 is 23.3. The number of nitrogens with one attached hydrogen (secondary N) is 1. The second-order valence-electron chi connectivity index (χ2n) is 5.13. The first-order valence-corrected chi connectivity index (χ1v) is 8.60. The predicted octanol–water partition coefficient (Wildman–Crippen LogP) is 2.18. The van der Waals surface area contributed by atoms with Gasteiger partial charge in [-0.05, 0) is 37.3 Å². The van der Waals surface area contributed by atoms with E-state index in [1.165, 1.54) is 6.07 Å². The van der Waals surface area contributed by atoms with Crippen LogP contribution in [0.2, 0.25) is 0 Å². The van der Waals surface area contributed by atoms with Crippen molar-refractivity contribution >= 4 is 15.7 Å². The molecule has 1 aliphatic rings. The summed E-state index contributed by atoms with van der Waals surface area (Å²) in [6.07, 6.45) is 8.46. The molecule has 108 valence electrons. The van der Waals surface area contributed by atoms with Gasteiger partial charge >= 0.3 is 0 Å². The number of benzene rings is 1. The molecule has 1 amide bonds. The third-order valence-electron chi connectivity index (χ3n) is 3.46. The number of rotatable bonds is 4. The van der Waals surface area contributed by atoms with Gasteiger partial charge in [-0.1, -0.05) is 24.3 Å². The highest BCUT2D eigenvalue weighted by Crippen LogP contribution is 2.18. The van der Waals surface area contributed by atoms with Crippen LogP contribution >= 0.6 is 0 Å². The van der Waals surface area contributed by atoms with Crippen molar-refractivity contribution in [3.63, 3.8) is 0 Å². The van der Waals surface area contributed by atoms with Crippen molar-refractivity contribution < 1.29 is 13.2 Å². The summed E-state index contributed by atoms with van der Waals surface area (Å²) in [5.74, 6) is 0.120. The first kappa shape index (κ1) is 14.8. The van der Waals surface area contributed by atoms with Gasteiger partial charge in [-0.15, -0.1) is 0 Å². The van der Waals surface area contributed by atoms with Crippen molar-refractivity contribution in [1.29, 1.82) is 0 Å². The minimum Gasteiger partial charge on any atom is -0.352 e. The number of sulfone groups is 1. The molecule has 1 atom stereocenters. The van der Waals surface area contributed by atoms with Crippen molar-refractivity contribution in [2.45, 2.75) is 24.2 Å². The summed E-state index contributed by atoms with van der Waals surface area (Å²) in [6, 6.07) is 6.31. The Morgan fingerprint density at radius 1 is 1.30 bits per heavy atom. The van der Waals surface area contributed by atoms with E-state index in [0.29, 0.717) is 12.5 Å². The molecule has 0 spiro atoms. The van der Waals surface area contributed by atoms with E-state index in [1.54, 1.807) is 18.2 Å². The van der Waals surface area contributed by atoms with Gasteiger partial charge in [0.2, 0.25) is 0 Å². The monoisotopic (exact) mass is 293 g/mol. The zero-order valence-electron chi connectivity index (χ0n) is 11.5. The van der Waals surface area contributed by atoms with E-state index in [4.69, 9.17) is 0 Å². The molecule has 1 N–H and O–H groups in total. The second-order valence-corrected chi connectivity index (χ2v) is 7.11. The van der Waals surface area contributed by atoms with E-state index in [1.807, 2.05) is 0 Å². The van der Waals surface area contributed by atoms with Crippen LogP contribution in [-0.2, 0) is 9.84 Å². The van der Waals surface area contributed by atoms with Crippen LogP contribution in [0, 0.1) is 5.92 Å². The van der Waals surface area contributed by atoms with Crippen molar-refractivity contribution in [1.82, 2.24) is 5.32 Å². The maximum atomic E-state index is 12.2. The average Bonchev–Trinajstić information content (AvgIpc) is 2.45. The fourth-order valence-electron chi connectivity index (χ4n) is 2.35. The third-order valence-corrected chi connectivity index (χ3v) is 4.62. The summed E-state index contributed by atoms with van der Waals surface area (Å²) in [4.78, 5) is 12.2. The maximum Gasteiger partial charge on any atom is 0.252 e. The van der Waals surface area contributed by atoms with E-state index in [0.717, 1.165) is 25.5 Å². The maximum absolute atomic E-state index is 12.2. The van der Waals surface area contributed by atoms with Crippen LogP contribution in [0.4, 0.5) is 0 Å². The summed E-state index contributed by atoms with van der Waals surface area (Å²) >= 11 is 0. The van der Waals surface area contributed by atoms with Crippen molar-refractivity contribution in [3.05, 3.63) is 42.0 Å². The molecule has 1 aromatic carbocycles. The lowest BCUT2D eigenvalue weighted by Crippen LogP contribution is -2.30. The fourth-order valence-corrected chi connectivity index (χ4v) is 3.24. The molecule has 0 heterocycles. The lowest BCUT2D eigenvalue weighted by atomic mass is 9.94. The first-order valence-electron chi connectivity index (χ1n) is 6.71. The van der Waals surface area contributed by atoms with Crippen LogP contribution in [0.1, 0.15) is 29.6 Å². The Kier molecular flexibility index (Phi) is 4.60. The lowest BCUT2D eigenvalue weighted by molar-refractivity contribution is 0.0943. The predicted molar refractivity (Wildman–Crippen MR) is 78.4 cm³/mol. The molecule has 2 rings (SSSR count). The van der Waals surface area contributed by atoms with Gasteiger partial charge in [-0.25, -0.2) is 8.42 Å². The number of amides is 1. The van der Waals surface area contributed by atoms with Gasteiger partial charge in [0.15, 0.2) is 9.84 Å². The van der Waals surface area contributed by atoms with Gasteiger partial charge in [0.05, 0.1) is 10.5 Å². The molecule has 5 heteroatoms. The van der Waals surface area contributed by atoms with E-state index in [9.17, 15) is 13.2 Å². The molecule has 0 fully saturated rings. The molecule has 0 saturated carbocycles. The minimum absolute atomic E-state index is 0.0843. The highest BCUT2D eigenvalue weighted by atomic mass is 32.2. The van der Waals surface area contributed by atoms with Gasteiger partial charge in [0.25, 0.3) is 5.91 Å². The quantitative estimate of drug-likeness (QED) is 0.865. The minimum atomic E-state index is -3.39. The van der Waals surface area contributed by atoms with Crippen molar-refractivity contribution in [3.8, 4) is 0 Å². The third kappa shape index (κ3) is 3.70. The normalized spacial score (nSPS) is 18.8. The molecule has 20 heavy (non-hydrogen) atoms. The lowest BCUT2D eigenvalue weighted by Gasteiger charge is -2.18. The summed E-state index contributed by atoms with van der Waals surface area (Å²) in [5, 5.41) is 2.84. The van der Waals surface area contributed by atoms with Gasteiger partial charge in [-0.3, -0.25) is 4.79 Å². The van der Waals surface area contributed by atoms with Gasteiger partial charge in [0.1, 0.15) is 0 Å². The SMILES string of the molecule is CS(=O)(=O)c1ccccc1C(=O)NCC1CC=CCC1. The van der Waals surface area contributed by atoms with Crippen molar-refractivity contribution in [2.75, 3.05) is 12.8 Å². The molecule has 4 nitrogen and oxygen atoms in total. The van der Waals surface area contributed by atoms with Crippen LogP contribution in [0.5, 0.6) is 0 Å². The van der Waals surface area contributed by atoms with Crippen LogP contribution in [0.3, 0.4) is 0 Å². The zero-order valence-corrected chi connectivity index (χ0v) is 12.3. The largest absolute Gasteiger partial charge is 0.352 e. The highest BCUT2D eigenvalue weighted by molar-refractivity contribution is 7.90. The molecule has 1 aliphatic carbocycles. The second kappa shape index (κ2) is 6.22. The standard InChI is InChI=1S/C15H19NO3S/c1-20(18,19)14-10-6-5-9-13(14)15(17)16-11-12-7-3-2-4-8-12/h2-3,5-6,9-10,12H,4,7-8,11H2,1H3,(H,16,17). The van der Waals surface area contributed by atoms with Crippen LogP contribution in [-0.4, -0.2) is 27.1 Å². The van der Waals surface area contributed by atoms with Gasteiger partial charge < -0.3 is 5.32 Å². The van der Waals surface area contributed by atoms with E-state index >= 15 is 0 Å². The molecular formula is C15H19NO3S. The number of allylic oxidation sites excluding steroid dienone is 2. The van der Waals surface area contributed by atoms with Crippen molar-refractivity contribution in [2.24, 2.45) is 5.92 Å². The van der Waals surface area contributed by atoms with E-state index in [2.05, 4.69) is 17.5 Å². The molecule has 1 aromatic rings. The summed E-state index contributed by atoms with van der Waals surface area (Å²) in [6.45, 7) is 0.585. The molecular weight excluding hydrogens is 274 g/mol. The molecule has 0 radical (unpaired) electrons. The highest BCUT2D eigenvalue weighted by Gasteiger charge is 2.19. The molecule has 0 aliphatic heterocycles. The number of hydrogen-bond donors (Lipinski definition) is 1. The fraction of sp³-hybridized carbons (Fsp3) is 0.400. The Morgan fingerprint density at radius 3 is 2.70 bits per heavy atom. The molecule has 0 aromatic heterocycles. The number of carbonyl (C=O) groups is 1. The average molecular weight is 293 g/mol. The van der Waals surface area contributed by atoms with Crippen LogP contribution < -0.4 is 5.32 Å². The van der Waals surface area contributed by atoms with Gasteiger partial charge in [-0.2, -0.15) is 0 Å². The van der Waals surface area contributed by atoms with E-state index in [-0.39, 0.29) is 16.4 Å². The molecule has 0 bridgehead atoms. The number of hydrogen-bond acceptors (Lipinski definition) is 3. The topological polar surface area (TPSA) is 63.2 Å². The van der Waals surface area contributed by atoms with E-state index < -0.39 is 9.84 Å². The Labute approximate surface area is 119 Å². The smallest absolute Gasteiger partial charge is 0.252 e. The summed E-state index contributed by atoms with van der Waals surface area (Å²) in [7, 11) is -3.39. The summed E-state index contributed by atoms with van der Waals surface area (Å²) in [5.41, 5.74) is 0.223. The zero-order chi connectivity index (χ0) is 14.6. The van der Waals surface area contributed by atoms with Crippen LogP contribution in [0.25, 0.3) is 0 Å². The Balaban J connectivity index is 2.08. The first-order chi connectivity index (χ1) is 9.48. The molecule has 0 saturated heterocycles. The Bertz CT molecular complexity index is 620.